The second-order valence-electron chi connectivity index (χ2n) is 4.90. The average molecular weight is 276 g/mol. The quantitative estimate of drug-likeness (QED) is 0.749. The Morgan fingerprint density at radius 2 is 2.00 bits per heavy atom. The van der Waals surface area contributed by atoms with E-state index >= 15 is 0 Å². The van der Waals surface area contributed by atoms with Crippen LogP contribution in [-0.2, 0) is 0 Å². The van der Waals surface area contributed by atoms with Crippen molar-refractivity contribution in [1.29, 1.82) is 5.26 Å². The van der Waals surface area contributed by atoms with E-state index in [0.29, 0.717) is 16.8 Å². The first-order valence-corrected chi connectivity index (χ1v) is 6.46. The van der Waals surface area contributed by atoms with Gasteiger partial charge in [0, 0.05) is 5.69 Å². The SMILES string of the molecule is Cc1cc(-c2cc(C#N)c3ccccc3c2)[nH]c1C(=O)O. The zero-order valence-corrected chi connectivity index (χ0v) is 11.3. The molecule has 2 aromatic carbocycles. The maximum Gasteiger partial charge on any atom is 0.352 e. The number of aromatic amines is 1. The maximum absolute atomic E-state index is 11.1. The molecule has 1 heterocycles. The molecule has 0 aliphatic carbocycles. The number of hydrogen-bond donors (Lipinski definition) is 2. The Hall–Kier alpha value is -3.06. The van der Waals surface area contributed by atoms with Crippen molar-refractivity contribution in [3.05, 3.63) is 59.3 Å². The van der Waals surface area contributed by atoms with Gasteiger partial charge in [-0.3, -0.25) is 0 Å². The van der Waals surface area contributed by atoms with E-state index in [1.807, 2.05) is 30.3 Å². The third-order valence-corrected chi connectivity index (χ3v) is 3.52. The minimum absolute atomic E-state index is 0.177. The number of fused-ring (bicyclic) bond motifs is 1. The van der Waals surface area contributed by atoms with Crippen molar-refractivity contribution in [3.63, 3.8) is 0 Å². The van der Waals surface area contributed by atoms with Crippen molar-refractivity contribution in [3.8, 4) is 17.3 Å². The van der Waals surface area contributed by atoms with Crippen LogP contribution in [0.25, 0.3) is 22.0 Å². The largest absolute Gasteiger partial charge is 0.477 e. The second kappa shape index (κ2) is 4.80. The Labute approximate surface area is 121 Å². The molecule has 0 atom stereocenters. The first-order chi connectivity index (χ1) is 10.1. The molecular weight excluding hydrogens is 264 g/mol. The number of nitriles is 1. The number of carbonyl (C=O) groups is 1. The summed E-state index contributed by atoms with van der Waals surface area (Å²) in [5.74, 6) is -0.986. The number of aromatic carboxylic acids is 1. The van der Waals surface area contributed by atoms with Gasteiger partial charge in [-0.05, 0) is 47.0 Å². The minimum atomic E-state index is -0.986. The van der Waals surface area contributed by atoms with Crippen LogP contribution in [-0.4, -0.2) is 16.1 Å². The third-order valence-electron chi connectivity index (χ3n) is 3.52. The molecule has 0 radical (unpaired) electrons. The summed E-state index contributed by atoms with van der Waals surface area (Å²) in [5, 5.41) is 20.3. The topological polar surface area (TPSA) is 76.9 Å². The van der Waals surface area contributed by atoms with Gasteiger partial charge in [0.25, 0.3) is 0 Å². The highest BCUT2D eigenvalue weighted by Gasteiger charge is 2.13. The molecule has 0 aliphatic heterocycles. The summed E-state index contributed by atoms with van der Waals surface area (Å²) in [6.07, 6.45) is 0. The number of hydrogen-bond acceptors (Lipinski definition) is 2. The monoisotopic (exact) mass is 276 g/mol. The van der Waals surface area contributed by atoms with Crippen LogP contribution in [0.4, 0.5) is 0 Å². The molecule has 0 saturated carbocycles. The normalized spacial score (nSPS) is 10.5. The number of carboxylic acid groups (broad SMARTS) is 1. The van der Waals surface area contributed by atoms with Gasteiger partial charge in [-0.25, -0.2) is 4.79 Å². The van der Waals surface area contributed by atoms with Crippen LogP contribution in [0, 0.1) is 18.3 Å². The highest BCUT2D eigenvalue weighted by molar-refractivity contribution is 5.93. The van der Waals surface area contributed by atoms with E-state index < -0.39 is 5.97 Å². The Morgan fingerprint density at radius 1 is 1.24 bits per heavy atom. The molecule has 0 unspecified atom stereocenters. The summed E-state index contributed by atoms with van der Waals surface area (Å²) >= 11 is 0. The molecule has 2 N–H and O–H groups in total. The average Bonchev–Trinajstić information content (AvgIpc) is 2.88. The Bertz CT molecular complexity index is 901. The predicted molar refractivity (Wildman–Crippen MR) is 80.1 cm³/mol. The van der Waals surface area contributed by atoms with Gasteiger partial charge in [-0.1, -0.05) is 24.3 Å². The highest BCUT2D eigenvalue weighted by Crippen LogP contribution is 2.28. The van der Waals surface area contributed by atoms with Crippen molar-refractivity contribution >= 4 is 16.7 Å². The van der Waals surface area contributed by atoms with Crippen molar-refractivity contribution in [2.24, 2.45) is 0 Å². The van der Waals surface area contributed by atoms with E-state index in [1.165, 1.54) is 0 Å². The summed E-state index contributed by atoms with van der Waals surface area (Å²) in [6, 6.07) is 15.4. The van der Waals surface area contributed by atoms with E-state index in [0.717, 1.165) is 16.3 Å². The molecule has 21 heavy (non-hydrogen) atoms. The molecule has 0 bridgehead atoms. The van der Waals surface area contributed by atoms with E-state index in [4.69, 9.17) is 5.11 Å². The van der Waals surface area contributed by atoms with Gasteiger partial charge in [0.05, 0.1) is 11.6 Å². The minimum Gasteiger partial charge on any atom is -0.477 e. The van der Waals surface area contributed by atoms with Crippen molar-refractivity contribution in [2.45, 2.75) is 6.92 Å². The van der Waals surface area contributed by atoms with Crippen LogP contribution in [0.5, 0.6) is 0 Å². The molecule has 0 saturated heterocycles. The lowest BCUT2D eigenvalue weighted by Crippen LogP contribution is -1.98. The van der Waals surface area contributed by atoms with Gasteiger partial charge in [0.15, 0.2) is 0 Å². The molecule has 1 aromatic heterocycles. The van der Waals surface area contributed by atoms with E-state index in [9.17, 15) is 10.1 Å². The Balaban J connectivity index is 2.24. The number of carboxylic acids is 1. The Kier molecular flexibility index (Phi) is 2.96. The number of benzene rings is 2. The fraction of sp³-hybridized carbons (Fsp3) is 0.0588. The first kappa shape index (κ1) is 12.9. The lowest BCUT2D eigenvalue weighted by Gasteiger charge is -2.04. The lowest BCUT2D eigenvalue weighted by molar-refractivity contribution is 0.0690. The van der Waals surface area contributed by atoms with E-state index in [2.05, 4.69) is 11.1 Å². The number of nitrogens with zero attached hydrogens (tertiary/aromatic N) is 1. The van der Waals surface area contributed by atoms with Crippen molar-refractivity contribution in [2.75, 3.05) is 0 Å². The smallest absolute Gasteiger partial charge is 0.352 e. The van der Waals surface area contributed by atoms with Gasteiger partial charge in [0.1, 0.15) is 5.69 Å². The van der Waals surface area contributed by atoms with Crippen LogP contribution >= 0.6 is 0 Å². The number of H-pyrrole nitrogens is 1. The number of aryl methyl sites for hydroxylation is 1. The summed E-state index contributed by atoms with van der Waals surface area (Å²) in [6.45, 7) is 1.75. The highest BCUT2D eigenvalue weighted by atomic mass is 16.4. The van der Waals surface area contributed by atoms with Gasteiger partial charge >= 0.3 is 5.97 Å². The predicted octanol–water partition coefficient (Wildman–Crippen LogP) is 3.71. The molecule has 0 aliphatic rings. The fourth-order valence-corrected chi connectivity index (χ4v) is 2.49. The Morgan fingerprint density at radius 3 is 2.67 bits per heavy atom. The molecule has 4 nitrogen and oxygen atoms in total. The molecule has 0 fully saturated rings. The van der Waals surface area contributed by atoms with Crippen molar-refractivity contribution in [1.82, 2.24) is 4.98 Å². The van der Waals surface area contributed by atoms with Gasteiger partial charge < -0.3 is 10.1 Å². The van der Waals surface area contributed by atoms with Crippen LogP contribution < -0.4 is 0 Å². The summed E-state index contributed by atoms with van der Waals surface area (Å²) in [7, 11) is 0. The van der Waals surface area contributed by atoms with Gasteiger partial charge in [0.2, 0.25) is 0 Å². The maximum atomic E-state index is 11.1. The van der Waals surface area contributed by atoms with Crippen LogP contribution in [0.1, 0.15) is 21.6 Å². The molecule has 3 rings (SSSR count). The van der Waals surface area contributed by atoms with Gasteiger partial charge in [-0.15, -0.1) is 0 Å². The van der Waals surface area contributed by atoms with E-state index in [-0.39, 0.29) is 5.69 Å². The molecule has 0 amide bonds. The van der Waals surface area contributed by atoms with Crippen LogP contribution in [0.15, 0.2) is 42.5 Å². The van der Waals surface area contributed by atoms with Crippen molar-refractivity contribution < 1.29 is 9.90 Å². The standard InChI is InChI=1S/C17H12N2O2/c1-10-6-15(19-16(10)17(20)21)12-7-11-4-2-3-5-14(11)13(8-12)9-18/h2-8,19H,1H3,(H,20,21). The first-order valence-electron chi connectivity index (χ1n) is 6.46. The molecule has 102 valence electrons. The van der Waals surface area contributed by atoms with Crippen LogP contribution in [0.2, 0.25) is 0 Å². The molecule has 3 aromatic rings. The van der Waals surface area contributed by atoms with E-state index in [1.54, 1.807) is 19.1 Å². The number of rotatable bonds is 2. The van der Waals surface area contributed by atoms with Crippen LogP contribution in [0.3, 0.4) is 0 Å². The summed E-state index contributed by atoms with van der Waals surface area (Å²) < 4.78 is 0. The summed E-state index contributed by atoms with van der Waals surface area (Å²) in [4.78, 5) is 14.0. The lowest BCUT2D eigenvalue weighted by atomic mass is 10.00. The summed E-state index contributed by atoms with van der Waals surface area (Å²) in [5.41, 5.74) is 2.93. The molecule has 4 heteroatoms. The molecule has 0 spiro atoms. The zero-order valence-electron chi connectivity index (χ0n) is 11.3. The fourth-order valence-electron chi connectivity index (χ4n) is 2.49. The second-order valence-corrected chi connectivity index (χ2v) is 4.90. The number of aromatic nitrogens is 1. The third kappa shape index (κ3) is 2.15. The number of nitrogens with one attached hydrogen (secondary N) is 1. The zero-order chi connectivity index (χ0) is 15.0. The molecular formula is C17H12N2O2. The van der Waals surface area contributed by atoms with Gasteiger partial charge in [-0.2, -0.15) is 5.26 Å².